The Morgan fingerprint density at radius 2 is 1.58 bits per heavy atom. The van der Waals surface area contributed by atoms with Gasteiger partial charge in [0.05, 0.1) is 26.8 Å². The van der Waals surface area contributed by atoms with Crippen LogP contribution in [0.25, 0.3) is 0 Å². The van der Waals surface area contributed by atoms with Crippen LogP contribution in [0, 0.1) is 10.1 Å². The highest BCUT2D eigenvalue weighted by Gasteiger charge is 2.28. The Bertz CT molecular complexity index is 1330. The molecule has 188 valence electrons. The van der Waals surface area contributed by atoms with E-state index in [9.17, 15) is 28.1 Å². The van der Waals surface area contributed by atoms with E-state index in [-0.39, 0.29) is 33.4 Å². The number of para-hydroxylation sites is 1. The van der Waals surface area contributed by atoms with Crippen LogP contribution in [-0.2, 0) is 14.8 Å². The molecule has 0 bridgehead atoms. The van der Waals surface area contributed by atoms with Crippen molar-refractivity contribution >= 4 is 38.9 Å². The van der Waals surface area contributed by atoms with E-state index in [2.05, 4.69) is 10.6 Å². The first-order chi connectivity index (χ1) is 17.2. The van der Waals surface area contributed by atoms with Gasteiger partial charge in [-0.1, -0.05) is 43.7 Å². The lowest BCUT2D eigenvalue weighted by Gasteiger charge is -2.24. The molecule has 2 N–H and O–H groups in total. The van der Waals surface area contributed by atoms with Crippen LogP contribution in [0.15, 0.2) is 83.8 Å². The number of benzene rings is 3. The van der Waals surface area contributed by atoms with Gasteiger partial charge < -0.3 is 10.6 Å². The second-order valence-electron chi connectivity index (χ2n) is 7.80. The zero-order valence-corrected chi connectivity index (χ0v) is 20.4. The fourth-order valence-electron chi connectivity index (χ4n) is 3.36. The van der Waals surface area contributed by atoms with E-state index in [1.54, 1.807) is 42.5 Å². The van der Waals surface area contributed by atoms with Crippen LogP contribution >= 0.6 is 0 Å². The molecule has 10 nitrogen and oxygen atoms in total. The Morgan fingerprint density at radius 1 is 0.944 bits per heavy atom. The quantitative estimate of drug-likeness (QED) is 0.227. The van der Waals surface area contributed by atoms with Crippen molar-refractivity contribution in [1.29, 1.82) is 0 Å². The van der Waals surface area contributed by atoms with E-state index in [4.69, 9.17) is 0 Å². The molecule has 0 heterocycles. The maximum Gasteiger partial charge on any atom is 0.269 e. The molecule has 0 spiro atoms. The molecule has 0 saturated carbocycles. The van der Waals surface area contributed by atoms with Crippen molar-refractivity contribution < 1.29 is 22.9 Å². The predicted octanol–water partition coefficient (Wildman–Crippen LogP) is 3.96. The Hall–Kier alpha value is -4.25. The third kappa shape index (κ3) is 6.45. The summed E-state index contributed by atoms with van der Waals surface area (Å²) < 4.78 is 27.7. The van der Waals surface area contributed by atoms with Gasteiger partial charge in [0.2, 0.25) is 5.91 Å². The van der Waals surface area contributed by atoms with Gasteiger partial charge in [-0.2, -0.15) is 0 Å². The van der Waals surface area contributed by atoms with E-state index in [1.165, 1.54) is 24.3 Å². The number of amides is 2. The minimum Gasteiger partial charge on any atom is -0.352 e. The minimum atomic E-state index is -4.19. The van der Waals surface area contributed by atoms with Crippen LogP contribution in [0.2, 0.25) is 0 Å². The summed E-state index contributed by atoms with van der Waals surface area (Å²) in [6.07, 6.45) is 1.72. The lowest BCUT2D eigenvalue weighted by Crippen LogP contribution is -2.38. The lowest BCUT2D eigenvalue weighted by molar-refractivity contribution is -0.384. The lowest BCUT2D eigenvalue weighted by atomic mass is 10.1. The predicted molar refractivity (Wildman–Crippen MR) is 136 cm³/mol. The van der Waals surface area contributed by atoms with Crippen LogP contribution in [-0.4, -0.2) is 38.2 Å². The second kappa shape index (κ2) is 11.9. The number of nitrogens with zero attached hydrogens (tertiary/aromatic N) is 2. The summed E-state index contributed by atoms with van der Waals surface area (Å²) in [6.45, 7) is 1.86. The summed E-state index contributed by atoms with van der Waals surface area (Å²) in [5.41, 5.74) is 0.334. The number of hydrogen-bond donors (Lipinski definition) is 2. The molecular formula is C25H26N4O6S. The van der Waals surface area contributed by atoms with Gasteiger partial charge in [0.1, 0.15) is 6.54 Å². The van der Waals surface area contributed by atoms with E-state index in [0.717, 1.165) is 29.3 Å². The van der Waals surface area contributed by atoms with Gasteiger partial charge in [0.25, 0.3) is 21.6 Å². The number of unbranched alkanes of at least 4 members (excludes halogenated alkanes) is 1. The summed E-state index contributed by atoms with van der Waals surface area (Å²) in [7, 11) is -4.19. The number of carbonyl (C=O) groups is 2. The van der Waals surface area contributed by atoms with Crippen LogP contribution in [0.3, 0.4) is 0 Å². The molecular weight excluding hydrogens is 484 g/mol. The normalized spacial score (nSPS) is 10.9. The first kappa shape index (κ1) is 26.4. The van der Waals surface area contributed by atoms with Crippen molar-refractivity contribution in [2.45, 2.75) is 24.7 Å². The van der Waals surface area contributed by atoms with Crippen LogP contribution in [0.1, 0.15) is 30.1 Å². The first-order valence-electron chi connectivity index (χ1n) is 11.2. The van der Waals surface area contributed by atoms with Crippen LogP contribution < -0.4 is 14.9 Å². The summed E-state index contributed by atoms with van der Waals surface area (Å²) in [5.74, 6) is -1.05. The molecule has 2 amide bonds. The molecule has 0 unspecified atom stereocenters. The average Bonchev–Trinajstić information content (AvgIpc) is 2.88. The molecule has 0 radical (unpaired) electrons. The number of anilines is 2. The van der Waals surface area contributed by atoms with Crippen molar-refractivity contribution in [3.05, 3.63) is 94.5 Å². The molecule has 0 aliphatic rings. The molecule has 0 fully saturated rings. The van der Waals surface area contributed by atoms with Gasteiger partial charge >= 0.3 is 0 Å². The van der Waals surface area contributed by atoms with Crippen molar-refractivity contribution in [2.24, 2.45) is 0 Å². The smallest absolute Gasteiger partial charge is 0.269 e. The molecule has 0 aliphatic heterocycles. The van der Waals surface area contributed by atoms with E-state index >= 15 is 0 Å². The van der Waals surface area contributed by atoms with Crippen LogP contribution in [0.4, 0.5) is 17.1 Å². The zero-order chi connectivity index (χ0) is 26.1. The first-order valence-corrected chi connectivity index (χ1v) is 12.7. The maximum absolute atomic E-state index is 13.4. The molecule has 3 aromatic rings. The number of sulfonamides is 1. The molecule has 3 aromatic carbocycles. The van der Waals surface area contributed by atoms with E-state index < -0.39 is 27.4 Å². The van der Waals surface area contributed by atoms with Crippen molar-refractivity contribution in [1.82, 2.24) is 5.32 Å². The van der Waals surface area contributed by atoms with Crippen molar-refractivity contribution in [2.75, 3.05) is 22.7 Å². The van der Waals surface area contributed by atoms with Gasteiger partial charge in [-0.25, -0.2) is 8.42 Å². The highest BCUT2D eigenvalue weighted by Crippen LogP contribution is 2.26. The number of non-ortho nitro benzene ring substituents is 1. The number of rotatable bonds is 11. The van der Waals surface area contributed by atoms with Crippen molar-refractivity contribution in [3.63, 3.8) is 0 Å². The third-order valence-electron chi connectivity index (χ3n) is 5.23. The molecule has 0 aliphatic carbocycles. The Kier molecular flexibility index (Phi) is 8.74. The maximum atomic E-state index is 13.4. The number of nitro groups is 1. The van der Waals surface area contributed by atoms with Gasteiger partial charge in [-0.05, 0) is 42.8 Å². The number of hydrogen-bond acceptors (Lipinski definition) is 6. The minimum absolute atomic E-state index is 0.0492. The number of nitro benzene ring substituents is 1. The molecule has 11 heteroatoms. The van der Waals surface area contributed by atoms with Crippen molar-refractivity contribution in [3.8, 4) is 0 Å². The van der Waals surface area contributed by atoms with Gasteiger partial charge in [0, 0.05) is 18.7 Å². The summed E-state index contributed by atoms with van der Waals surface area (Å²) in [4.78, 5) is 36.0. The molecule has 0 saturated heterocycles. The molecule has 0 aromatic heterocycles. The van der Waals surface area contributed by atoms with Crippen LogP contribution in [0.5, 0.6) is 0 Å². The molecule has 3 rings (SSSR count). The van der Waals surface area contributed by atoms with E-state index in [0.29, 0.717) is 6.54 Å². The summed E-state index contributed by atoms with van der Waals surface area (Å²) in [5, 5.41) is 16.4. The highest BCUT2D eigenvalue weighted by atomic mass is 32.2. The van der Waals surface area contributed by atoms with Gasteiger partial charge in [-0.3, -0.25) is 24.0 Å². The topological polar surface area (TPSA) is 139 Å². The second-order valence-corrected chi connectivity index (χ2v) is 9.66. The van der Waals surface area contributed by atoms with Gasteiger partial charge in [0.15, 0.2) is 0 Å². The fraction of sp³-hybridized carbons (Fsp3) is 0.200. The fourth-order valence-corrected chi connectivity index (χ4v) is 4.80. The van der Waals surface area contributed by atoms with Gasteiger partial charge in [-0.15, -0.1) is 0 Å². The Balaban J connectivity index is 1.89. The summed E-state index contributed by atoms with van der Waals surface area (Å²) in [6, 6.07) is 18.8. The van der Waals surface area contributed by atoms with E-state index in [1.807, 2.05) is 6.92 Å². The largest absolute Gasteiger partial charge is 0.352 e. The molecule has 36 heavy (non-hydrogen) atoms. The number of carbonyl (C=O) groups excluding carboxylic acids is 2. The SMILES string of the molecule is CCCCNC(=O)c1ccccc1NC(=O)CN(c1ccc([N+](=O)[O-])cc1)S(=O)(=O)c1ccccc1. The Morgan fingerprint density at radius 3 is 2.22 bits per heavy atom. The zero-order valence-electron chi connectivity index (χ0n) is 19.6. The monoisotopic (exact) mass is 510 g/mol. The highest BCUT2D eigenvalue weighted by molar-refractivity contribution is 7.92. The Labute approximate surface area is 209 Å². The third-order valence-corrected chi connectivity index (χ3v) is 7.02. The molecule has 0 atom stereocenters. The standard InChI is InChI=1S/C25H26N4O6S/c1-2-3-17-26-25(31)22-11-7-8-12-23(22)27-24(30)18-28(19-13-15-20(16-14-19)29(32)33)36(34,35)21-9-5-4-6-10-21/h4-16H,2-3,17-18H2,1H3,(H,26,31)(H,27,30). The average molecular weight is 511 g/mol. The summed E-state index contributed by atoms with van der Waals surface area (Å²) >= 11 is 0. The number of nitrogens with one attached hydrogen (secondary N) is 2.